The van der Waals surface area contributed by atoms with Gasteiger partial charge in [-0.25, -0.2) is 19.9 Å². The molecule has 2 aromatic heterocycles. The van der Waals surface area contributed by atoms with Crippen LogP contribution in [0, 0.1) is 6.92 Å². The van der Waals surface area contributed by atoms with Crippen LogP contribution in [-0.4, -0.2) is 31.8 Å². The van der Waals surface area contributed by atoms with Crippen LogP contribution in [0.5, 0.6) is 0 Å². The van der Waals surface area contributed by atoms with Crippen molar-refractivity contribution < 1.29 is 0 Å². The highest BCUT2D eigenvalue weighted by Crippen LogP contribution is 2.18. The van der Waals surface area contributed by atoms with Gasteiger partial charge in [0.2, 0.25) is 0 Å². The van der Waals surface area contributed by atoms with Gasteiger partial charge < -0.3 is 5.32 Å². The second-order valence-corrected chi connectivity index (χ2v) is 4.85. The molecule has 0 bridgehead atoms. The number of nitrogens with one attached hydrogen (secondary N) is 2. The molecule has 0 aliphatic carbocycles. The number of anilines is 1. The van der Waals surface area contributed by atoms with Crippen molar-refractivity contribution in [2.24, 2.45) is 0 Å². The molecule has 2 rings (SSSR count). The van der Waals surface area contributed by atoms with Crippen molar-refractivity contribution in [3.63, 3.8) is 0 Å². The summed E-state index contributed by atoms with van der Waals surface area (Å²) in [7, 11) is 1.82. The van der Waals surface area contributed by atoms with E-state index < -0.39 is 0 Å². The molecule has 102 valence electrons. The van der Waals surface area contributed by atoms with Crippen LogP contribution in [-0.2, 0) is 12.3 Å². The van der Waals surface area contributed by atoms with Crippen molar-refractivity contribution in [2.75, 3.05) is 12.4 Å². The first kappa shape index (κ1) is 13.6. The van der Waals surface area contributed by atoms with E-state index in [4.69, 9.17) is 0 Å². The largest absolute Gasteiger partial charge is 0.373 e. The normalized spacial score (nSPS) is 10.7. The van der Waals surface area contributed by atoms with Crippen LogP contribution in [0.2, 0.25) is 0 Å². The van der Waals surface area contributed by atoms with Gasteiger partial charge in [-0.1, -0.05) is 11.8 Å². The molecule has 0 unspecified atom stereocenters. The number of hydrogen-bond donors (Lipinski definition) is 2. The van der Waals surface area contributed by atoms with Crippen LogP contribution in [0.1, 0.15) is 18.4 Å². The smallest absolute Gasteiger partial charge is 0.343 e. The topological polar surface area (TPSA) is 88.5 Å². The number of rotatable bonds is 5. The van der Waals surface area contributed by atoms with Gasteiger partial charge in [-0.3, -0.25) is 4.57 Å². The van der Waals surface area contributed by atoms with Gasteiger partial charge in [0, 0.05) is 25.4 Å². The Balaban J connectivity index is 2.14. The van der Waals surface area contributed by atoms with Crippen LogP contribution in [0.15, 0.2) is 16.0 Å². The summed E-state index contributed by atoms with van der Waals surface area (Å²) in [6.45, 7) is 4.42. The monoisotopic (exact) mass is 280 g/mol. The summed E-state index contributed by atoms with van der Waals surface area (Å²) in [5, 5.41) is 10.1. The number of thioether (sulfide) groups is 1. The summed E-state index contributed by atoms with van der Waals surface area (Å²) in [4.78, 5) is 20.2. The SMILES string of the molecule is CCn1c(SCc2nc(C)cc(NC)n2)n[nH]c1=O. The molecule has 8 heteroatoms. The van der Waals surface area contributed by atoms with Crippen LogP contribution in [0.4, 0.5) is 5.82 Å². The van der Waals surface area contributed by atoms with E-state index >= 15 is 0 Å². The van der Waals surface area contributed by atoms with E-state index in [2.05, 4.69) is 25.5 Å². The number of hydrogen-bond acceptors (Lipinski definition) is 6. The van der Waals surface area contributed by atoms with Crippen molar-refractivity contribution in [1.82, 2.24) is 24.7 Å². The molecule has 0 saturated heterocycles. The predicted octanol–water partition coefficient (Wildman–Crippen LogP) is 1.02. The maximum Gasteiger partial charge on any atom is 0.343 e. The minimum Gasteiger partial charge on any atom is -0.373 e. The van der Waals surface area contributed by atoms with Crippen molar-refractivity contribution in [1.29, 1.82) is 0 Å². The van der Waals surface area contributed by atoms with Crippen LogP contribution < -0.4 is 11.0 Å². The van der Waals surface area contributed by atoms with Gasteiger partial charge in [0.1, 0.15) is 11.6 Å². The Labute approximate surface area is 114 Å². The van der Waals surface area contributed by atoms with E-state index in [9.17, 15) is 4.79 Å². The summed E-state index contributed by atoms with van der Waals surface area (Å²) in [5.41, 5.74) is 0.718. The average Bonchev–Trinajstić information content (AvgIpc) is 2.76. The second-order valence-electron chi connectivity index (χ2n) is 3.91. The third kappa shape index (κ3) is 3.14. The molecule has 0 spiro atoms. The number of H-pyrrole nitrogens is 1. The molecule has 0 aliphatic heterocycles. The Hall–Kier alpha value is -1.83. The molecule has 2 heterocycles. The number of nitrogens with zero attached hydrogens (tertiary/aromatic N) is 4. The van der Waals surface area contributed by atoms with Crippen LogP contribution in [0.3, 0.4) is 0 Å². The zero-order valence-corrected chi connectivity index (χ0v) is 11.9. The van der Waals surface area contributed by atoms with E-state index in [0.29, 0.717) is 23.3 Å². The Morgan fingerprint density at radius 1 is 1.47 bits per heavy atom. The number of aromatic amines is 1. The van der Waals surface area contributed by atoms with Crippen molar-refractivity contribution in [2.45, 2.75) is 31.3 Å². The summed E-state index contributed by atoms with van der Waals surface area (Å²) in [6, 6.07) is 1.88. The molecule has 0 radical (unpaired) electrons. The van der Waals surface area contributed by atoms with Crippen molar-refractivity contribution in [3.05, 3.63) is 28.1 Å². The third-order valence-corrected chi connectivity index (χ3v) is 3.50. The molecular weight excluding hydrogens is 264 g/mol. The maximum absolute atomic E-state index is 11.4. The highest BCUT2D eigenvalue weighted by atomic mass is 32.2. The second kappa shape index (κ2) is 5.87. The fourth-order valence-corrected chi connectivity index (χ4v) is 2.51. The Bertz CT molecular complexity index is 620. The van der Waals surface area contributed by atoms with Crippen LogP contribution in [0.25, 0.3) is 0 Å². The van der Waals surface area contributed by atoms with Crippen molar-refractivity contribution in [3.8, 4) is 0 Å². The van der Waals surface area contributed by atoms with E-state index in [1.165, 1.54) is 11.8 Å². The van der Waals surface area contributed by atoms with E-state index in [1.54, 1.807) is 4.57 Å². The van der Waals surface area contributed by atoms with Gasteiger partial charge in [-0.05, 0) is 13.8 Å². The summed E-state index contributed by atoms with van der Waals surface area (Å²) in [6.07, 6.45) is 0. The predicted molar refractivity (Wildman–Crippen MR) is 74.4 cm³/mol. The molecule has 0 saturated carbocycles. The number of aryl methyl sites for hydroxylation is 1. The molecule has 7 nitrogen and oxygen atoms in total. The van der Waals surface area contributed by atoms with Crippen LogP contribution >= 0.6 is 11.8 Å². The Kier molecular flexibility index (Phi) is 4.20. The number of aromatic nitrogens is 5. The molecule has 2 N–H and O–H groups in total. The third-order valence-electron chi connectivity index (χ3n) is 2.53. The fourth-order valence-electron chi connectivity index (χ4n) is 1.64. The zero-order valence-electron chi connectivity index (χ0n) is 11.1. The Morgan fingerprint density at radius 3 is 2.95 bits per heavy atom. The van der Waals surface area contributed by atoms with Gasteiger partial charge in [-0.2, -0.15) is 0 Å². The molecule has 19 heavy (non-hydrogen) atoms. The minimum atomic E-state index is -0.189. The first-order valence-corrected chi connectivity index (χ1v) is 6.93. The molecule has 0 aliphatic rings. The first-order chi connectivity index (χ1) is 9.13. The first-order valence-electron chi connectivity index (χ1n) is 5.94. The lowest BCUT2D eigenvalue weighted by Gasteiger charge is -2.05. The molecule has 0 atom stereocenters. The fraction of sp³-hybridized carbons (Fsp3) is 0.455. The minimum absolute atomic E-state index is 0.189. The van der Waals surface area contributed by atoms with E-state index in [0.717, 1.165) is 11.5 Å². The molecule has 2 aromatic rings. The average molecular weight is 280 g/mol. The van der Waals surface area contributed by atoms with Gasteiger partial charge in [0.05, 0.1) is 5.75 Å². The van der Waals surface area contributed by atoms with Gasteiger partial charge >= 0.3 is 5.69 Å². The lowest BCUT2D eigenvalue weighted by atomic mass is 10.4. The van der Waals surface area contributed by atoms with E-state index in [1.807, 2.05) is 27.0 Å². The highest BCUT2D eigenvalue weighted by molar-refractivity contribution is 7.98. The maximum atomic E-state index is 11.4. The quantitative estimate of drug-likeness (QED) is 0.795. The van der Waals surface area contributed by atoms with E-state index in [-0.39, 0.29) is 5.69 Å². The summed E-state index contributed by atoms with van der Waals surface area (Å²) < 4.78 is 1.58. The van der Waals surface area contributed by atoms with Gasteiger partial charge in [0.15, 0.2) is 5.16 Å². The van der Waals surface area contributed by atoms with Gasteiger partial charge in [-0.15, -0.1) is 5.10 Å². The standard InChI is InChI=1S/C11H16N6OS/c1-4-17-10(18)15-16-11(17)19-6-9-13-7(2)5-8(12-3)14-9/h5H,4,6H2,1-3H3,(H,15,18)(H,12,13,14). The summed E-state index contributed by atoms with van der Waals surface area (Å²) >= 11 is 1.44. The lowest BCUT2D eigenvalue weighted by Crippen LogP contribution is -2.16. The molecular formula is C11H16N6OS. The lowest BCUT2D eigenvalue weighted by molar-refractivity contribution is 0.660. The Morgan fingerprint density at radius 2 is 2.26 bits per heavy atom. The zero-order chi connectivity index (χ0) is 13.8. The molecule has 0 fully saturated rings. The summed E-state index contributed by atoms with van der Waals surface area (Å²) in [5.74, 6) is 2.08. The van der Waals surface area contributed by atoms with Crippen molar-refractivity contribution >= 4 is 17.6 Å². The highest BCUT2D eigenvalue weighted by Gasteiger charge is 2.09. The molecule has 0 amide bonds. The van der Waals surface area contributed by atoms with Gasteiger partial charge in [0.25, 0.3) is 0 Å². The molecule has 0 aromatic carbocycles.